The predicted octanol–water partition coefficient (Wildman–Crippen LogP) is 6.83. The van der Waals surface area contributed by atoms with Gasteiger partial charge in [-0.1, -0.05) is 72.8 Å². The average Bonchev–Trinajstić information content (AvgIpc) is 3.02. The monoisotopic (exact) mass is 552 g/mol. The molecule has 0 saturated heterocycles. The molecule has 2 heterocycles. The second kappa shape index (κ2) is 13.6. The lowest BCUT2D eigenvalue weighted by molar-refractivity contribution is -0.689. The Morgan fingerprint density at radius 1 is 0.405 bits per heavy atom. The Morgan fingerprint density at radius 3 is 0.976 bits per heavy atom. The van der Waals surface area contributed by atoms with Gasteiger partial charge >= 0.3 is 0 Å². The van der Waals surface area contributed by atoms with Crippen molar-refractivity contribution in [1.82, 2.24) is 0 Å². The van der Waals surface area contributed by atoms with Gasteiger partial charge in [0.05, 0.1) is 0 Å². The van der Waals surface area contributed by atoms with Crippen LogP contribution in [0, 0.1) is 0 Å². The fourth-order valence-electron chi connectivity index (χ4n) is 4.69. The number of aromatic nitrogens is 2. The Kier molecular flexibility index (Phi) is 9.25. The van der Waals surface area contributed by atoms with Gasteiger partial charge in [0.25, 0.3) is 0 Å². The summed E-state index contributed by atoms with van der Waals surface area (Å²) in [5.74, 6) is 0. The topological polar surface area (TPSA) is 14.2 Å². The summed E-state index contributed by atoms with van der Waals surface area (Å²) in [6.07, 6.45) is 17.2. The molecule has 0 spiro atoms. The number of rotatable bonds is 10. The Balaban J connectivity index is 1.12. The van der Waals surface area contributed by atoms with Gasteiger partial charge in [0, 0.05) is 75.0 Å². The Labute approximate surface area is 250 Å². The number of pyridine rings is 2. The molecule has 3 aromatic carbocycles. The molecule has 0 bridgehead atoms. The van der Waals surface area contributed by atoms with E-state index in [-0.39, 0.29) is 0 Å². The van der Waals surface area contributed by atoms with Crippen molar-refractivity contribution < 1.29 is 9.13 Å². The quantitative estimate of drug-likeness (QED) is 0.176. The zero-order chi connectivity index (χ0) is 29.3. The van der Waals surface area contributed by atoms with Gasteiger partial charge in [0.2, 0.25) is 0 Å². The number of hydrogen-bond donors (Lipinski definition) is 0. The highest BCUT2D eigenvalue weighted by Crippen LogP contribution is 2.16. The second-order valence-electron chi connectivity index (χ2n) is 11.1. The van der Waals surface area contributed by atoms with Crippen molar-refractivity contribution in [1.29, 1.82) is 0 Å². The van der Waals surface area contributed by atoms with E-state index in [0.717, 1.165) is 13.1 Å². The molecule has 210 valence electrons. The van der Waals surface area contributed by atoms with Crippen molar-refractivity contribution >= 4 is 35.7 Å². The number of hydrogen-bond acceptors (Lipinski definition) is 2. The highest BCUT2D eigenvalue weighted by atomic mass is 15.1. The third-order valence-electron chi connectivity index (χ3n) is 7.34. The molecule has 4 heteroatoms. The minimum absolute atomic E-state index is 0.850. The molecular formula is C38H40N4+2. The van der Waals surface area contributed by atoms with Crippen LogP contribution in [0.3, 0.4) is 0 Å². The summed E-state index contributed by atoms with van der Waals surface area (Å²) in [7, 11) is 8.24. The van der Waals surface area contributed by atoms with Gasteiger partial charge < -0.3 is 9.80 Å². The molecule has 42 heavy (non-hydrogen) atoms. The van der Waals surface area contributed by atoms with Gasteiger partial charge in [-0.15, -0.1) is 0 Å². The first-order valence-electron chi connectivity index (χ1n) is 14.4. The van der Waals surface area contributed by atoms with Crippen molar-refractivity contribution in [2.45, 2.75) is 13.1 Å². The normalized spacial score (nSPS) is 11.3. The lowest BCUT2D eigenvalue weighted by Crippen LogP contribution is -2.34. The van der Waals surface area contributed by atoms with E-state index < -0.39 is 0 Å². The standard InChI is InChI=1S/C38H40N4/c1-39(2)37-17-13-31(14-18-37)5-7-33-21-25-41(26-22-33)29-35-9-11-36(12-10-35)30-42-27-23-34(24-28-42)8-6-32-15-19-38(20-16-32)40(3)4/h5-28H,29-30H2,1-4H3/q+2. The molecule has 0 saturated carbocycles. The van der Waals surface area contributed by atoms with E-state index in [4.69, 9.17) is 0 Å². The van der Waals surface area contributed by atoms with Crippen LogP contribution in [0.2, 0.25) is 0 Å². The first kappa shape index (κ1) is 28.6. The number of anilines is 2. The SMILES string of the molecule is CN(C)c1ccc(C=Cc2cc[n+](Cc3ccc(C[n+]4ccc(C=Cc5ccc(N(C)C)cc5)cc4)cc3)cc2)cc1. The van der Waals surface area contributed by atoms with Crippen LogP contribution >= 0.6 is 0 Å². The van der Waals surface area contributed by atoms with Crippen molar-refractivity contribution in [3.8, 4) is 0 Å². The van der Waals surface area contributed by atoms with Gasteiger partial charge in [-0.05, 0) is 46.5 Å². The lowest BCUT2D eigenvalue weighted by Gasteiger charge is -2.11. The highest BCUT2D eigenvalue weighted by Gasteiger charge is 2.06. The first-order chi connectivity index (χ1) is 20.4. The third-order valence-corrected chi connectivity index (χ3v) is 7.34. The highest BCUT2D eigenvalue weighted by molar-refractivity contribution is 5.71. The Morgan fingerprint density at radius 2 is 0.690 bits per heavy atom. The van der Waals surface area contributed by atoms with Crippen LogP contribution in [-0.2, 0) is 13.1 Å². The lowest BCUT2D eigenvalue weighted by atomic mass is 10.1. The van der Waals surface area contributed by atoms with Crippen molar-refractivity contribution in [3.63, 3.8) is 0 Å². The Hall–Kier alpha value is -4.96. The molecule has 0 atom stereocenters. The van der Waals surface area contributed by atoms with Crippen LogP contribution in [0.4, 0.5) is 11.4 Å². The van der Waals surface area contributed by atoms with E-state index in [9.17, 15) is 0 Å². The summed E-state index contributed by atoms with van der Waals surface area (Å²) < 4.78 is 4.44. The smallest absolute Gasteiger partial charge is 0.173 e. The molecule has 0 aliphatic heterocycles. The summed E-state index contributed by atoms with van der Waals surface area (Å²) in [5.41, 5.74) is 9.77. The third kappa shape index (κ3) is 8.05. The van der Waals surface area contributed by atoms with E-state index in [2.05, 4.69) is 193 Å². The van der Waals surface area contributed by atoms with Gasteiger partial charge in [-0.25, -0.2) is 9.13 Å². The van der Waals surface area contributed by atoms with Gasteiger partial charge in [-0.2, -0.15) is 0 Å². The van der Waals surface area contributed by atoms with Crippen LogP contribution in [0.25, 0.3) is 24.3 Å². The average molecular weight is 553 g/mol. The zero-order valence-electron chi connectivity index (χ0n) is 25.1. The number of nitrogens with zero attached hydrogens (tertiary/aromatic N) is 4. The second-order valence-corrected chi connectivity index (χ2v) is 11.1. The molecule has 5 aromatic rings. The first-order valence-corrected chi connectivity index (χ1v) is 14.4. The number of benzene rings is 3. The van der Waals surface area contributed by atoms with Gasteiger partial charge in [0.15, 0.2) is 37.9 Å². The fraction of sp³-hybridized carbons (Fsp3) is 0.158. The Bertz CT molecular complexity index is 1490. The molecule has 0 N–H and O–H groups in total. The molecule has 0 fully saturated rings. The fourth-order valence-corrected chi connectivity index (χ4v) is 4.69. The molecule has 0 aliphatic rings. The molecule has 4 nitrogen and oxygen atoms in total. The maximum Gasteiger partial charge on any atom is 0.173 e. The minimum atomic E-state index is 0.850. The van der Waals surface area contributed by atoms with Crippen LogP contribution in [-0.4, -0.2) is 28.2 Å². The molecule has 5 rings (SSSR count). The summed E-state index contributed by atoms with van der Waals surface area (Å²) in [6, 6.07) is 34.7. The molecular weight excluding hydrogens is 512 g/mol. The van der Waals surface area contributed by atoms with E-state index in [1.54, 1.807) is 0 Å². The van der Waals surface area contributed by atoms with Crippen molar-refractivity contribution in [2.24, 2.45) is 0 Å². The summed E-state index contributed by atoms with van der Waals surface area (Å²) in [4.78, 5) is 4.22. The molecule has 0 unspecified atom stereocenters. The molecule has 0 radical (unpaired) electrons. The van der Waals surface area contributed by atoms with Crippen molar-refractivity contribution in [2.75, 3.05) is 38.0 Å². The molecule has 2 aromatic heterocycles. The maximum atomic E-state index is 2.23. The van der Waals surface area contributed by atoms with Crippen LogP contribution in [0.1, 0.15) is 33.4 Å². The minimum Gasteiger partial charge on any atom is -0.378 e. The molecule has 0 aliphatic carbocycles. The summed E-state index contributed by atoms with van der Waals surface area (Å²) in [5, 5.41) is 0. The predicted molar refractivity (Wildman–Crippen MR) is 177 cm³/mol. The van der Waals surface area contributed by atoms with Crippen LogP contribution in [0.15, 0.2) is 122 Å². The van der Waals surface area contributed by atoms with Gasteiger partial charge in [-0.3, -0.25) is 0 Å². The van der Waals surface area contributed by atoms with Crippen LogP contribution < -0.4 is 18.9 Å². The van der Waals surface area contributed by atoms with E-state index in [0.29, 0.717) is 0 Å². The van der Waals surface area contributed by atoms with Crippen molar-refractivity contribution in [3.05, 3.63) is 155 Å². The van der Waals surface area contributed by atoms with E-state index in [1.807, 2.05) is 0 Å². The van der Waals surface area contributed by atoms with Crippen LogP contribution in [0.5, 0.6) is 0 Å². The summed E-state index contributed by atoms with van der Waals surface area (Å²) >= 11 is 0. The largest absolute Gasteiger partial charge is 0.378 e. The van der Waals surface area contributed by atoms with E-state index in [1.165, 1.54) is 44.8 Å². The van der Waals surface area contributed by atoms with Gasteiger partial charge in [0.1, 0.15) is 0 Å². The van der Waals surface area contributed by atoms with E-state index >= 15 is 0 Å². The molecule has 0 amide bonds. The summed E-state index contributed by atoms with van der Waals surface area (Å²) in [6.45, 7) is 1.70. The maximum absolute atomic E-state index is 2.23. The zero-order valence-corrected chi connectivity index (χ0v) is 25.1.